The topological polar surface area (TPSA) is 88.1 Å². The fraction of sp³-hybridized carbons (Fsp3) is 0.538. The van der Waals surface area contributed by atoms with E-state index in [0.717, 1.165) is 4.57 Å². The van der Waals surface area contributed by atoms with Gasteiger partial charge >= 0.3 is 11.7 Å². The molecular formula is C13H18N4O4. The fourth-order valence-electron chi connectivity index (χ4n) is 2.19. The number of fused-ring (bicyclic) bond motifs is 1. The van der Waals surface area contributed by atoms with E-state index in [-0.39, 0.29) is 17.9 Å². The van der Waals surface area contributed by atoms with Crippen LogP contribution in [-0.2, 0) is 30.2 Å². The number of ether oxygens (including phenoxy) is 1. The number of esters is 1. The van der Waals surface area contributed by atoms with Gasteiger partial charge in [-0.1, -0.05) is 0 Å². The first-order chi connectivity index (χ1) is 9.97. The summed E-state index contributed by atoms with van der Waals surface area (Å²) in [5.74, 6) is -0.262. The Hall–Kier alpha value is -2.38. The van der Waals surface area contributed by atoms with Gasteiger partial charge in [0.15, 0.2) is 11.2 Å². The normalized spacial score (nSPS) is 11.0. The summed E-state index contributed by atoms with van der Waals surface area (Å²) < 4.78 is 8.89. The number of carbonyl (C=O) groups is 1. The Morgan fingerprint density at radius 3 is 2.67 bits per heavy atom. The van der Waals surface area contributed by atoms with Crippen molar-refractivity contribution in [2.45, 2.75) is 26.3 Å². The molecule has 8 heteroatoms. The van der Waals surface area contributed by atoms with Crippen molar-refractivity contribution in [2.75, 3.05) is 6.61 Å². The van der Waals surface area contributed by atoms with Gasteiger partial charge < -0.3 is 9.30 Å². The highest BCUT2D eigenvalue weighted by Gasteiger charge is 2.14. The lowest BCUT2D eigenvalue weighted by Crippen LogP contribution is -2.37. The van der Waals surface area contributed by atoms with Crippen LogP contribution in [0.5, 0.6) is 0 Å². The van der Waals surface area contributed by atoms with E-state index in [1.807, 2.05) is 0 Å². The Morgan fingerprint density at radius 1 is 1.29 bits per heavy atom. The second kappa shape index (κ2) is 5.94. The molecule has 0 aliphatic rings. The number of hydrogen-bond donors (Lipinski definition) is 0. The van der Waals surface area contributed by atoms with Crippen LogP contribution in [-0.4, -0.2) is 31.3 Å². The van der Waals surface area contributed by atoms with Gasteiger partial charge in [-0.05, 0) is 13.3 Å². The third-order valence-electron chi connectivity index (χ3n) is 3.30. The van der Waals surface area contributed by atoms with E-state index in [1.165, 1.54) is 17.9 Å². The number of aromatic nitrogens is 4. The van der Waals surface area contributed by atoms with Gasteiger partial charge in [0.1, 0.15) is 0 Å². The third-order valence-corrected chi connectivity index (χ3v) is 3.30. The predicted molar refractivity (Wildman–Crippen MR) is 76.1 cm³/mol. The summed E-state index contributed by atoms with van der Waals surface area (Å²) in [6.45, 7) is 2.57. The van der Waals surface area contributed by atoms with E-state index in [1.54, 1.807) is 18.5 Å². The van der Waals surface area contributed by atoms with Crippen molar-refractivity contribution >= 4 is 17.1 Å². The first-order valence-electron chi connectivity index (χ1n) is 6.73. The molecule has 0 bridgehead atoms. The Bertz CT molecular complexity index is 784. The lowest BCUT2D eigenvalue weighted by molar-refractivity contribution is -0.143. The van der Waals surface area contributed by atoms with Crippen LogP contribution >= 0.6 is 0 Å². The van der Waals surface area contributed by atoms with E-state index in [9.17, 15) is 14.4 Å². The zero-order valence-electron chi connectivity index (χ0n) is 12.3. The summed E-state index contributed by atoms with van der Waals surface area (Å²) in [6, 6.07) is 0. The van der Waals surface area contributed by atoms with E-state index in [2.05, 4.69) is 4.98 Å². The van der Waals surface area contributed by atoms with Crippen molar-refractivity contribution in [3.63, 3.8) is 0 Å². The highest BCUT2D eigenvalue weighted by Crippen LogP contribution is 2.07. The Balaban J connectivity index is 2.29. The lowest BCUT2D eigenvalue weighted by Gasteiger charge is -2.06. The minimum absolute atomic E-state index is 0.262. The quantitative estimate of drug-likeness (QED) is 0.711. The van der Waals surface area contributed by atoms with Crippen LogP contribution in [0.15, 0.2) is 15.9 Å². The summed E-state index contributed by atoms with van der Waals surface area (Å²) in [6.07, 6.45) is 2.33. The molecule has 0 saturated heterocycles. The van der Waals surface area contributed by atoms with Crippen molar-refractivity contribution in [1.29, 1.82) is 0 Å². The molecule has 21 heavy (non-hydrogen) atoms. The van der Waals surface area contributed by atoms with Gasteiger partial charge in [0.2, 0.25) is 0 Å². The summed E-state index contributed by atoms with van der Waals surface area (Å²) >= 11 is 0. The standard InChI is InChI=1S/C13H18N4O4/c1-4-21-9(18)6-5-7-17-8-14-11-10(17)12(19)16(3)13(20)15(11)2/h8H,4-7H2,1-3H3. The predicted octanol–water partition coefficient (Wildman–Crippen LogP) is -0.223. The lowest BCUT2D eigenvalue weighted by atomic mass is 10.3. The zero-order valence-corrected chi connectivity index (χ0v) is 12.3. The summed E-state index contributed by atoms with van der Waals surface area (Å²) in [7, 11) is 3.00. The molecule has 0 radical (unpaired) electrons. The average molecular weight is 294 g/mol. The number of nitrogens with zero attached hydrogens (tertiary/aromatic N) is 4. The fourth-order valence-corrected chi connectivity index (χ4v) is 2.19. The summed E-state index contributed by atoms with van der Waals surface area (Å²) in [5, 5.41) is 0. The number of hydrogen-bond acceptors (Lipinski definition) is 5. The highest BCUT2D eigenvalue weighted by molar-refractivity contribution is 5.70. The molecule has 2 heterocycles. The molecule has 0 atom stereocenters. The van der Waals surface area contributed by atoms with Gasteiger partial charge in [-0.2, -0.15) is 0 Å². The van der Waals surface area contributed by atoms with Gasteiger partial charge in [-0.3, -0.25) is 18.7 Å². The van der Waals surface area contributed by atoms with E-state index in [0.29, 0.717) is 30.7 Å². The van der Waals surface area contributed by atoms with Crippen molar-refractivity contribution in [2.24, 2.45) is 14.1 Å². The molecular weight excluding hydrogens is 276 g/mol. The molecule has 8 nitrogen and oxygen atoms in total. The van der Waals surface area contributed by atoms with Gasteiger partial charge in [-0.25, -0.2) is 9.78 Å². The molecule has 0 aromatic carbocycles. The molecule has 0 aliphatic carbocycles. The third kappa shape index (κ3) is 2.74. The molecule has 2 aromatic rings. The minimum Gasteiger partial charge on any atom is -0.466 e. The van der Waals surface area contributed by atoms with Crippen molar-refractivity contribution < 1.29 is 9.53 Å². The monoisotopic (exact) mass is 294 g/mol. The molecule has 0 spiro atoms. The van der Waals surface area contributed by atoms with Crippen LogP contribution in [0, 0.1) is 0 Å². The Morgan fingerprint density at radius 2 is 2.00 bits per heavy atom. The van der Waals surface area contributed by atoms with E-state index >= 15 is 0 Å². The summed E-state index contributed by atoms with van der Waals surface area (Å²) in [5.41, 5.74) is -0.0892. The van der Waals surface area contributed by atoms with Crippen molar-refractivity contribution in [3.8, 4) is 0 Å². The number of imidazole rings is 1. The van der Waals surface area contributed by atoms with E-state index < -0.39 is 5.69 Å². The minimum atomic E-state index is -0.413. The maximum absolute atomic E-state index is 12.2. The molecule has 0 N–H and O–H groups in total. The Labute approximate surface area is 120 Å². The molecule has 114 valence electrons. The van der Waals surface area contributed by atoms with Crippen LogP contribution in [0.1, 0.15) is 19.8 Å². The average Bonchev–Trinajstić information content (AvgIpc) is 2.87. The van der Waals surface area contributed by atoms with Crippen molar-refractivity contribution in [3.05, 3.63) is 27.2 Å². The van der Waals surface area contributed by atoms with Crippen LogP contribution in [0.25, 0.3) is 11.2 Å². The first-order valence-corrected chi connectivity index (χ1v) is 6.73. The SMILES string of the molecule is CCOC(=O)CCCn1cnc2c1c(=O)n(C)c(=O)n2C. The maximum Gasteiger partial charge on any atom is 0.332 e. The van der Waals surface area contributed by atoms with Gasteiger partial charge in [0.05, 0.1) is 12.9 Å². The molecule has 0 saturated carbocycles. The van der Waals surface area contributed by atoms with Gasteiger partial charge in [-0.15, -0.1) is 0 Å². The number of carbonyl (C=O) groups excluding carboxylic acids is 1. The smallest absolute Gasteiger partial charge is 0.332 e. The van der Waals surface area contributed by atoms with Crippen LogP contribution < -0.4 is 11.2 Å². The molecule has 0 aliphatic heterocycles. The number of aryl methyl sites for hydroxylation is 2. The van der Waals surface area contributed by atoms with Crippen LogP contribution in [0.3, 0.4) is 0 Å². The molecule has 0 unspecified atom stereocenters. The highest BCUT2D eigenvalue weighted by atomic mass is 16.5. The maximum atomic E-state index is 12.2. The first kappa shape index (κ1) is 15.0. The second-order valence-electron chi connectivity index (χ2n) is 4.72. The van der Waals surface area contributed by atoms with Gasteiger partial charge in [0, 0.05) is 27.1 Å². The van der Waals surface area contributed by atoms with Gasteiger partial charge in [0.25, 0.3) is 5.56 Å². The van der Waals surface area contributed by atoms with Crippen LogP contribution in [0.4, 0.5) is 0 Å². The molecule has 2 aromatic heterocycles. The largest absolute Gasteiger partial charge is 0.466 e. The van der Waals surface area contributed by atoms with E-state index in [4.69, 9.17) is 4.74 Å². The molecule has 0 amide bonds. The zero-order chi connectivity index (χ0) is 15.6. The summed E-state index contributed by atoms with van der Waals surface area (Å²) in [4.78, 5) is 39.4. The van der Waals surface area contributed by atoms with Crippen LogP contribution in [0.2, 0.25) is 0 Å². The second-order valence-corrected chi connectivity index (χ2v) is 4.72. The van der Waals surface area contributed by atoms with Crippen molar-refractivity contribution in [1.82, 2.24) is 18.7 Å². The molecule has 0 fully saturated rings. The Kier molecular flexibility index (Phi) is 4.25. The molecule has 2 rings (SSSR count). The number of rotatable bonds is 5.